The van der Waals surface area contributed by atoms with Gasteiger partial charge in [0.2, 0.25) is 0 Å². The molecule has 198 valence electrons. The SMILES string of the molecule is COc1ccc(CN(c2nccs2)S(=O)(=O)c2cc(Cl)c(OC(=O)NCCCC=O)cc2F)c(OC)c1. The molecule has 1 heterocycles. The van der Waals surface area contributed by atoms with Crippen LogP contribution in [0.4, 0.5) is 14.3 Å². The van der Waals surface area contributed by atoms with E-state index in [-0.39, 0.29) is 35.4 Å². The number of nitrogens with one attached hydrogen (secondary N) is 1. The Kier molecular flexibility index (Phi) is 9.66. The lowest BCUT2D eigenvalue weighted by Crippen LogP contribution is -2.31. The predicted molar refractivity (Wildman–Crippen MR) is 136 cm³/mol. The molecule has 0 fully saturated rings. The van der Waals surface area contributed by atoms with E-state index in [2.05, 4.69) is 10.3 Å². The van der Waals surface area contributed by atoms with Crippen molar-refractivity contribution in [1.29, 1.82) is 0 Å². The number of aromatic nitrogens is 1. The standard InChI is InChI=1S/C23H23ClFN3O7S2/c1-33-16-6-5-15(19(11-16)34-2)14-28(22-26-8-10-36-22)37(31,32)21-12-17(24)20(13-18(21)25)35-23(30)27-7-3-4-9-29/h5-6,8-13H,3-4,7,14H2,1-2H3,(H,27,30). The number of anilines is 1. The molecule has 3 rings (SSSR count). The molecule has 1 N–H and O–H groups in total. The molecule has 1 aromatic heterocycles. The third kappa shape index (κ3) is 6.87. The van der Waals surface area contributed by atoms with Crippen molar-refractivity contribution in [3.63, 3.8) is 0 Å². The molecule has 0 atom stereocenters. The first-order chi connectivity index (χ1) is 17.7. The molecule has 37 heavy (non-hydrogen) atoms. The summed E-state index contributed by atoms with van der Waals surface area (Å²) in [5, 5.41) is 3.75. The van der Waals surface area contributed by atoms with Crippen molar-refractivity contribution in [1.82, 2.24) is 10.3 Å². The maximum atomic E-state index is 15.1. The number of carbonyl (C=O) groups excluding carboxylic acids is 2. The summed E-state index contributed by atoms with van der Waals surface area (Å²) >= 11 is 7.20. The summed E-state index contributed by atoms with van der Waals surface area (Å²) in [6.45, 7) is -0.0801. The van der Waals surface area contributed by atoms with Crippen LogP contribution in [0.5, 0.6) is 17.2 Å². The zero-order valence-electron chi connectivity index (χ0n) is 19.8. The fourth-order valence-electron chi connectivity index (χ4n) is 3.15. The number of aldehydes is 1. The Morgan fingerprint density at radius 3 is 2.65 bits per heavy atom. The van der Waals surface area contributed by atoms with E-state index in [4.69, 9.17) is 25.8 Å². The van der Waals surface area contributed by atoms with Crippen molar-refractivity contribution >= 4 is 50.5 Å². The fourth-order valence-corrected chi connectivity index (χ4v) is 5.76. The van der Waals surface area contributed by atoms with Crippen molar-refractivity contribution in [2.45, 2.75) is 24.3 Å². The van der Waals surface area contributed by atoms with Gasteiger partial charge in [-0.25, -0.2) is 26.9 Å². The van der Waals surface area contributed by atoms with Gasteiger partial charge in [-0.15, -0.1) is 11.3 Å². The second-order valence-corrected chi connectivity index (χ2v) is 10.5. The van der Waals surface area contributed by atoms with Crippen molar-refractivity contribution in [2.75, 3.05) is 25.1 Å². The number of thiazole rings is 1. The number of rotatable bonds is 12. The van der Waals surface area contributed by atoms with Crippen LogP contribution in [0.25, 0.3) is 0 Å². The van der Waals surface area contributed by atoms with Gasteiger partial charge in [0.1, 0.15) is 28.5 Å². The van der Waals surface area contributed by atoms with Crippen molar-refractivity contribution < 1.29 is 36.6 Å². The van der Waals surface area contributed by atoms with Crippen molar-refractivity contribution in [3.8, 4) is 17.2 Å². The van der Waals surface area contributed by atoms with E-state index in [1.165, 1.54) is 20.4 Å². The molecule has 0 aliphatic carbocycles. The molecule has 10 nitrogen and oxygen atoms in total. The highest BCUT2D eigenvalue weighted by Crippen LogP contribution is 2.36. The van der Waals surface area contributed by atoms with E-state index >= 15 is 4.39 Å². The van der Waals surface area contributed by atoms with Gasteiger partial charge >= 0.3 is 6.09 Å². The topological polar surface area (TPSA) is 124 Å². The molecule has 0 saturated carbocycles. The molecule has 14 heteroatoms. The molecule has 0 unspecified atom stereocenters. The first-order valence-corrected chi connectivity index (χ1v) is 13.4. The first kappa shape index (κ1) is 28.2. The normalized spacial score (nSPS) is 11.0. The molecule has 0 aliphatic heterocycles. The van der Waals surface area contributed by atoms with Gasteiger partial charge in [-0.3, -0.25) is 0 Å². The van der Waals surface area contributed by atoms with Crippen LogP contribution in [0.15, 0.2) is 46.8 Å². The highest BCUT2D eigenvalue weighted by molar-refractivity contribution is 7.93. The van der Waals surface area contributed by atoms with E-state index in [9.17, 15) is 18.0 Å². The third-order valence-electron chi connectivity index (χ3n) is 4.97. The highest BCUT2D eigenvalue weighted by atomic mass is 35.5. The van der Waals surface area contributed by atoms with E-state index < -0.39 is 26.8 Å². The third-order valence-corrected chi connectivity index (χ3v) is 7.92. The largest absolute Gasteiger partial charge is 0.497 e. The van der Waals surface area contributed by atoms with Gasteiger partial charge < -0.3 is 24.3 Å². The highest BCUT2D eigenvalue weighted by Gasteiger charge is 2.32. The molecule has 0 aliphatic rings. The smallest absolute Gasteiger partial charge is 0.412 e. The van der Waals surface area contributed by atoms with Gasteiger partial charge in [-0.1, -0.05) is 11.6 Å². The number of amides is 1. The number of carbonyl (C=O) groups is 2. The molecule has 0 spiro atoms. The Labute approximate surface area is 222 Å². The monoisotopic (exact) mass is 571 g/mol. The van der Waals surface area contributed by atoms with Crippen LogP contribution in [-0.2, 0) is 21.4 Å². The summed E-state index contributed by atoms with van der Waals surface area (Å²) in [6, 6.07) is 6.44. The number of nitrogens with zero attached hydrogens (tertiary/aromatic N) is 2. The lowest BCUT2D eigenvalue weighted by Gasteiger charge is -2.23. The molecule has 0 saturated heterocycles. The Morgan fingerprint density at radius 1 is 1.22 bits per heavy atom. The number of benzene rings is 2. The summed E-state index contributed by atoms with van der Waals surface area (Å²) in [5.41, 5.74) is 0.472. The Bertz CT molecular complexity index is 1350. The van der Waals surface area contributed by atoms with Gasteiger partial charge in [0, 0.05) is 42.2 Å². The maximum absolute atomic E-state index is 15.1. The molecule has 1 amide bonds. The van der Waals surface area contributed by atoms with Crippen LogP contribution in [0, 0.1) is 5.82 Å². The minimum Gasteiger partial charge on any atom is -0.497 e. The number of unbranched alkanes of at least 4 members (excludes halogenated alkanes) is 1. The summed E-state index contributed by atoms with van der Waals surface area (Å²) in [4.78, 5) is 25.6. The van der Waals surface area contributed by atoms with E-state index in [1.807, 2.05) is 0 Å². The number of methoxy groups -OCH3 is 2. The molecule has 2 aromatic carbocycles. The Hall–Kier alpha value is -3.42. The molecule has 0 bridgehead atoms. The number of hydrogen-bond donors (Lipinski definition) is 1. The average Bonchev–Trinajstić information content (AvgIpc) is 3.41. The van der Waals surface area contributed by atoms with Gasteiger partial charge in [-0.2, -0.15) is 0 Å². The van der Waals surface area contributed by atoms with E-state index in [0.29, 0.717) is 35.8 Å². The summed E-state index contributed by atoms with van der Waals surface area (Å²) in [7, 11) is -1.62. The minimum absolute atomic E-state index is 0.0865. The van der Waals surface area contributed by atoms with Gasteiger partial charge in [0.15, 0.2) is 10.9 Å². The minimum atomic E-state index is -4.54. The second-order valence-electron chi connectivity index (χ2n) is 7.34. The quantitative estimate of drug-likeness (QED) is 0.250. The number of halogens is 2. The van der Waals surface area contributed by atoms with Crippen LogP contribution in [0.2, 0.25) is 5.02 Å². The van der Waals surface area contributed by atoms with E-state index in [1.54, 1.807) is 23.6 Å². The van der Waals surface area contributed by atoms with Gasteiger partial charge in [0.05, 0.1) is 25.8 Å². The molecular formula is C23H23ClFN3O7S2. The van der Waals surface area contributed by atoms with Crippen LogP contribution in [0.1, 0.15) is 18.4 Å². The lowest BCUT2D eigenvalue weighted by atomic mass is 10.2. The first-order valence-electron chi connectivity index (χ1n) is 10.7. The predicted octanol–water partition coefficient (Wildman–Crippen LogP) is 4.42. The molecule has 3 aromatic rings. The number of sulfonamides is 1. The summed E-state index contributed by atoms with van der Waals surface area (Å²) in [6.07, 6.45) is 1.84. The Morgan fingerprint density at radius 2 is 2.00 bits per heavy atom. The maximum Gasteiger partial charge on any atom is 0.412 e. The van der Waals surface area contributed by atoms with E-state index in [0.717, 1.165) is 21.7 Å². The van der Waals surface area contributed by atoms with Crippen LogP contribution < -0.4 is 23.8 Å². The molecule has 0 radical (unpaired) electrons. The summed E-state index contributed by atoms with van der Waals surface area (Å²) < 4.78 is 58.9. The van der Waals surface area contributed by atoms with Gasteiger partial charge in [-0.05, 0) is 24.6 Å². The van der Waals surface area contributed by atoms with Crippen molar-refractivity contribution in [3.05, 3.63) is 58.3 Å². The molecular weight excluding hydrogens is 549 g/mol. The lowest BCUT2D eigenvalue weighted by molar-refractivity contribution is -0.107. The van der Waals surface area contributed by atoms with Gasteiger partial charge in [0.25, 0.3) is 10.0 Å². The average molecular weight is 572 g/mol. The summed E-state index contributed by atoms with van der Waals surface area (Å²) in [5.74, 6) is -0.692. The number of ether oxygens (including phenoxy) is 3. The van der Waals surface area contributed by atoms with Crippen LogP contribution in [-0.4, -0.2) is 46.5 Å². The number of hydrogen-bond acceptors (Lipinski definition) is 9. The van der Waals surface area contributed by atoms with Crippen LogP contribution >= 0.6 is 22.9 Å². The zero-order valence-corrected chi connectivity index (χ0v) is 22.2. The Balaban J connectivity index is 1.93. The second kappa shape index (κ2) is 12.7. The van der Waals surface area contributed by atoms with Crippen molar-refractivity contribution in [2.24, 2.45) is 0 Å². The fraction of sp³-hybridized carbons (Fsp3) is 0.261. The zero-order chi connectivity index (χ0) is 27.0. The van der Waals surface area contributed by atoms with Crippen LogP contribution in [0.3, 0.4) is 0 Å².